The van der Waals surface area contributed by atoms with Gasteiger partial charge in [0.05, 0.1) is 25.0 Å². The van der Waals surface area contributed by atoms with Crippen LogP contribution in [-0.4, -0.2) is 56.4 Å². The summed E-state index contributed by atoms with van der Waals surface area (Å²) in [7, 11) is 1.73. The number of unbranched alkanes of at least 4 members (excludes halogenated alkanes) is 1. The Balaban J connectivity index is 1.54. The molecule has 1 saturated heterocycles. The van der Waals surface area contributed by atoms with Crippen LogP contribution in [0.3, 0.4) is 0 Å². The molecule has 0 aliphatic carbocycles. The molecule has 204 valence electrons. The second kappa shape index (κ2) is 13.7. The van der Waals surface area contributed by atoms with Gasteiger partial charge in [0.1, 0.15) is 11.5 Å². The van der Waals surface area contributed by atoms with Gasteiger partial charge in [-0.15, -0.1) is 0 Å². The van der Waals surface area contributed by atoms with Gasteiger partial charge in [0.2, 0.25) is 0 Å². The Morgan fingerprint density at radius 2 is 1.53 bits per heavy atom. The molecule has 0 saturated carbocycles. The van der Waals surface area contributed by atoms with Crippen molar-refractivity contribution in [3.8, 4) is 11.5 Å². The monoisotopic (exact) mass is 516 g/mol. The quantitative estimate of drug-likeness (QED) is 0.264. The van der Waals surface area contributed by atoms with Crippen molar-refractivity contribution >= 4 is 5.69 Å². The van der Waals surface area contributed by atoms with Gasteiger partial charge in [0.25, 0.3) is 0 Å². The lowest BCUT2D eigenvalue weighted by Gasteiger charge is -2.43. The fraction of sp³-hybridized carbons (Fsp3) is 0.455. The van der Waals surface area contributed by atoms with Crippen molar-refractivity contribution in [3.05, 3.63) is 90.0 Å². The lowest BCUT2D eigenvalue weighted by atomic mass is 9.74. The van der Waals surface area contributed by atoms with Crippen LogP contribution < -0.4 is 14.4 Å². The molecule has 5 heteroatoms. The lowest BCUT2D eigenvalue weighted by Crippen LogP contribution is -2.50. The summed E-state index contributed by atoms with van der Waals surface area (Å²) in [5, 5.41) is 12.4. The predicted octanol–water partition coefficient (Wildman–Crippen LogP) is 6.47. The van der Waals surface area contributed by atoms with Gasteiger partial charge in [0, 0.05) is 38.6 Å². The lowest BCUT2D eigenvalue weighted by molar-refractivity contribution is -0.0141. The van der Waals surface area contributed by atoms with Crippen molar-refractivity contribution in [2.45, 2.75) is 51.0 Å². The number of ether oxygens (including phenoxy) is 2. The third-order valence-corrected chi connectivity index (χ3v) is 7.77. The van der Waals surface area contributed by atoms with Crippen LogP contribution in [0.1, 0.15) is 56.6 Å². The summed E-state index contributed by atoms with van der Waals surface area (Å²) in [6.07, 6.45) is 3.75. The Hall–Kier alpha value is -3.02. The Bertz CT molecular complexity index is 1100. The van der Waals surface area contributed by atoms with Crippen LogP contribution in [0.15, 0.2) is 78.9 Å². The van der Waals surface area contributed by atoms with Gasteiger partial charge < -0.3 is 19.5 Å². The smallest absolute Gasteiger partial charge is 0.142 e. The van der Waals surface area contributed by atoms with Crippen molar-refractivity contribution in [2.24, 2.45) is 0 Å². The van der Waals surface area contributed by atoms with Gasteiger partial charge in [-0.3, -0.25) is 4.90 Å². The molecule has 0 amide bonds. The van der Waals surface area contributed by atoms with Gasteiger partial charge in [-0.25, -0.2) is 0 Å². The largest absolute Gasteiger partial charge is 0.495 e. The highest BCUT2D eigenvalue weighted by molar-refractivity contribution is 5.58. The highest BCUT2D eigenvalue weighted by Crippen LogP contribution is 2.42. The molecule has 1 aliphatic rings. The molecule has 5 nitrogen and oxygen atoms in total. The van der Waals surface area contributed by atoms with Gasteiger partial charge in [-0.2, -0.15) is 0 Å². The SMILES string of the molecule is CCCCOc1ccc(C(O)(CCC)C(CN2CCN(c3ccccc3OC)CC2)c2ccccc2)cc1. The fourth-order valence-electron chi connectivity index (χ4n) is 5.61. The van der Waals surface area contributed by atoms with Crippen LogP contribution in [0.4, 0.5) is 5.69 Å². The molecule has 1 N–H and O–H groups in total. The van der Waals surface area contributed by atoms with Crippen LogP contribution in [0, 0.1) is 0 Å². The number of hydrogen-bond acceptors (Lipinski definition) is 5. The minimum atomic E-state index is -0.974. The van der Waals surface area contributed by atoms with Crippen LogP contribution >= 0.6 is 0 Å². The fourth-order valence-corrected chi connectivity index (χ4v) is 5.61. The van der Waals surface area contributed by atoms with Gasteiger partial charge in [0.15, 0.2) is 0 Å². The first-order valence-corrected chi connectivity index (χ1v) is 14.2. The zero-order chi connectivity index (χ0) is 26.8. The second-order valence-electron chi connectivity index (χ2n) is 10.3. The molecule has 38 heavy (non-hydrogen) atoms. The maximum absolute atomic E-state index is 12.4. The molecule has 1 heterocycles. The average molecular weight is 517 g/mol. The number of para-hydroxylation sites is 2. The minimum Gasteiger partial charge on any atom is -0.495 e. The van der Waals surface area contributed by atoms with E-state index < -0.39 is 5.60 Å². The molecule has 2 atom stereocenters. The summed E-state index contributed by atoms with van der Waals surface area (Å²) < 4.78 is 11.5. The van der Waals surface area contributed by atoms with Crippen LogP contribution in [-0.2, 0) is 5.60 Å². The number of rotatable bonds is 13. The van der Waals surface area contributed by atoms with E-state index in [1.807, 2.05) is 30.3 Å². The molecule has 2 unspecified atom stereocenters. The molecule has 3 aromatic rings. The molecule has 0 radical (unpaired) electrons. The zero-order valence-electron chi connectivity index (χ0n) is 23.3. The maximum atomic E-state index is 12.4. The summed E-state index contributed by atoms with van der Waals surface area (Å²) in [6, 6.07) is 26.9. The van der Waals surface area contributed by atoms with Crippen molar-refractivity contribution < 1.29 is 14.6 Å². The number of benzene rings is 3. The predicted molar refractivity (Wildman–Crippen MR) is 156 cm³/mol. The van der Waals surface area contributed by atoms with E-state index in [4.69, 9.17) is 9.47 Å². The number of anilines is 1. The zero-order valence-corrected chi connectivity index (χ0v) is 23.3. The Morgan fingerprint density at radius 3 is 2.18 bits per heavy atom. The molecular weight excluding hydrogens is 472 g/mol. The van der Waals surface area contributed by atoms with Crippen LogP contribution in [0.2, 0.25) is 0 Å². The Labute approximate surface area is 229 Å². The van der Waals surface area contributed by atoms with E-state index in [0.29, 0.717) is 6.42 Å². The van der Waals surface area contributed by atoms with E-state index in [1.54, 1.807) is 7.11 Å². The van der Waals surface area contributed by atoms with E-state index in [0.717, 1.165) is 81.3 Å². The van der Waals surface area contributed by atoms with Gasteiger partial charge in [-0.05, 0) is 48.2 Å². The molecule has 3 aromatic carbocycles. The highest BCUT2D eigenvalue weighted by Gasteiger charge is 2.40. The molecular formula is C33H44N2O3. The number of piperazine rings is 1. The summed E-state index contributed by atoms with van der Waals surface area (Å²) >= 11 is 0. The number of aliphatic hydroxyl groups is 1. The van der Waals surface area contributed by atoms with Crippen molar-refractivity contribution in [3.63, 3.8) is 0 Å². The van der Waals surface area contributed by atoms with E-state index in [-0.39, 0.29) is 5.92 Å². The third kappa shape index (κ3) is 6.69. The van der Waals surface area contributed by atoms with E-state index in [1.165, 1.54) is 5.56 Å². The summed E-state index contributed by atoms with van der Waals surface area (Å²) in [5.74, 6) is 1.74. The number of nitrogens with zero attached hydrogens (tertiary/aromatic N) is 2. The highest BCUT2D eigenvalue weighted by atomic mass is 16.5. The summed E-state index contributed by atoms with van der Waals surface area (Å²) in [4.78, 5) is 4.91. The van der Waals surface area contributed by atoms with Gasteiger partial charge in [-0.1, -0.05) is 81.3 Å². The van der Waals surface area contributed by atoms with Crippen molar-refractivity contribution in [1.82, 2.24) is 4.90 Å². The van der Waals surface area contributed by atoms with E-state index >= 15 is 0 Å². The normalized spacial score (nSPS) is 16.6. The number of methoxy groups -OCH3 is 1. The van der Waals surface area contributed by atoms with Crippen molar-refractivity contribution in [2.75, 3.05) is 51.3 Å². The summed E-state index contributed by atoms with van der Waals surface area (Å²) in [6.45, 7) is 9.58. The standard InChI is InChI=1S/C33H44N2O3/c1-4-6-25-38-29-18-16-28(17-19-29)33(36,20-5-2)30(27-12-8-7-9-13-27)26-34-21-23-35(24-22-34)31-14-10-11-15-32(31)37-3/h7-19,30,36H,4-6,20-26H2,1-3H3. The Morgan fingerprint density at radius 1 is 0.842 bits per heavy atom. The minimum absolute atomic E-state index is 0.0479. The van der Waals surface area contributed by atoms with Crippen LogP contribution in [0.25, 0.3) is 0 Å². The first kappa shape index (κ1) is 28.0. The molecule has 0 bridgehead atoms. The maximum Gasteiger partial charge on any atom is 0.142 e. The first-order chi connectivity index (χ1) is 18.6. The number of hydrogen-bond donors (Lipinski definition) is 1. The van der Waals surface area contributed by atoms with Crippen molar-refractivity contribution in [1.29, 1.82) is 0 Å². The molecule has 1 fully saturated rings. The molecule has 0 aromatic heterocycles. The molecule has 4 rings (SSSR count). The summed E-state index contributed by atoms with van der Waals surface area (Å²) in [5.41, 5.74) is 2.32. The Kier molecular flexibility index (Phi) is 10.1. The average Bonchev–Trinajstić information content (AvgIpc) is 2.97. The third-order valence-electron chi connectivity index (χ3n) is 7.77. The topological polar surface area (TPSA) is 45.2 Å². The second-order valence-corrected chi connectivity index (χ2v) is 10.3. The first-order valence-electron chi connectivity index (χ1n) is 14.2. The molecule has 1 aliphatic heterocycles. The van der Waals surface area contributed by atoms with Crippen LogP contribution in [0.5, 0.6) is 11.5 Å². The molecule has 0 spiro atoms. The van der Waals surface area contributed by atoms with E-state index in [9.17, 15) is 5.11 Å². The van der Waals surface area contributed by atoms with E-state index in [2.05, 4.69) is 72.2 Å². The van der Waals surface area contributed by atoms with Gasteiger partial charge >= 0.3 is 0 Å².